The van der Waals surface area contributed by atoms with Gasteiger partial charge in [-0.05, 0) is 23.6 Å². The minimum Gasteiger partial charge on any atom is -0.379 e. The lowest BCUT2D eigenvalue weighted by Gasteiger charge is -2.31. The average Bonchev–Trinajstić information content (AvgIpc) is 2.96. The molecule has 0 bridgehead atoms. The zero-order valence-electron chi connectivity index (χ0n) is 12.5. The van der Waals surface area contributed by atoms with Gasteiger partial charge in [0.05, 0.1) is 31.8 Å². The molecule has 3 rings (SSSR count). The van der Waals surface area contributed by atoms with Gasteiger partial charge in [0.25, 0.3) is 0 Å². The minimum absolute atomic E-state index is 0.0758. The van der Waals surface area contributed by atoms with Crippen LogP contribution in [0.25, 0.3) is 0 Å². The van der Waals surface area contributed by atoms with Crippen molar-refractivity contribution in [3.63, 3.8) is 0 Å². The van der Waals surface area contributed by atoms with Gasteiger partial charge in [0.2, 0.25) is 0 Å². The number of aryl methyl sites for hydroxylation is 1. The predicted octanol–water partition coefficient (Wildman–Crippen LogP) is 2.61. The molecule has 2 aromatic rings. The predicted molar refractivity (Wildman–Crippen MR) is 89.4 cm³/mol. The van der Waals surface area contributed by atoms with E-state index < -0.39 is 0 Å². The number of ether oxygens (including phenoxy) is 1. The van der Waals surface area contributed by atoms with Gasteiger partial charge in [0, 0.05) is 24.6 Å². The van der Waals surface area contributed by atoms with Crippen LogP contribution in [0.15, 0.2) is 41.3 Å². The Kier molecular flexibility index (Phi) is 4.94. The molecule has 22 heavy (non-hydrogen) atoms. The molecule has 0 amide bonds. The van der Waals surface area contributed by atoms with E-state index >= 15 is 0 Å². The number of hydrogen-bond donors (Lipinski definition) is 0. The first-order valence-electron chi connectivity index (χ1n) is 7.29. The standard InChI is InChI=1S/C17H18BrN3O/c1-20-13-19-12-16(20)6-7-17(21-8-10-22-11-9-21)14-2-4-15(18)5-3-14/h2-5,12-13,17H,8-11H2,1H3. The summed E-state index contributed by atoms with van der Waals surface area (Å²) in [5.74, 6) is 6.67. The SMILES string of the molecule is Cn1cncc1C#CC(c1ccc(Br)cc1)N1CCOCC1. The van der Waals surface area contributed by atoms with Gasteiger partial charge in [-0.3, -0.25) is 4.90 Å². The van der Waals surface area contributed by atoms with Gasteiger partial charge >= 0.3 is 0 Å². The van der Waals surface area contributed by atoms with E-state index in [-0.39, 0.29) is 6.04 Å². The number of hydrogen-bond acceptors (Lipinski definition) is 3. The number of benzene rings is 1. The van der Waals surface area contributed by atoms with Crippen molar-refractivity contribution in [2.75, 3.05) is 26.3 Å². The van der Waals surface area contributed by atoms with Crippen LogP contribution in [0, 0.1) is 11.8 Å². The number of imidazole rings is 1. The van der Waals surface area contributed by atoms with Crippen LogP contribution in [-0.2, 0) is 11.8 Å². The molecule has 5 heteroatoms. The third-order valence-electron chi connectivity index (χ3n) is 3.75. The van der Waals surface area contributed by atoms with Gasteiger partial charge in [0.1, 0.15) is 5.69 Å². The van der Waals surface area contributed by atoms with E-state index in [2.05, 4.69) is 61.9 Å². The van der Waals surface area contributed by atoms with E-state index in [9.17, 15) is 0 Å². The van der Waals surface area contributed by atoms with Gasteiger partial charge in [0.15, 0.2) is 0 Å². The van der Waals surface area contributed by atoms with Gasteiger partial charge < -0.3 is 9.30 Å². The van der Waals surface area contributed by atoms with Gasteiger partial charge in [-0.25, -0.2) is 4.98 Å². The summed E-state index contributed by atoms with van der Waals surface area (Å²) in [4.78, 5) is 6.49. The highest BCUT2D eigenvalue weighted by Crippen LogP contribution is 2.23. The highest BCUT2D eigenvalue weighted by atomic mass is 79.9. The summed E-state index contributed by atoms with van der Waals surface area (Å²) in [5.41, 5.74) is 2.13. The lowest BCUT2D eigenvalue weighted by atomic mass is 10.1. The van der Waals surface area contributed by atoms with Crippen LogP contribution in [0.5, 0.6) is 0 Å². The topological polar surface area (TPSA) is 30.3 Å². The second kappa shape index (κ2) is 7.10. The van der Waals surface area contributed by atoms with Crippen molar-refractivity contribution in [1.82, 2.24) is 14.5 Å². The largest absolute Gasteiger partial charge is 0.379 e. The molecular weight excluding hydrogens is 342 g/mol. The third-order valence-corrected chi connectivity index (χ3v) is 4.28. The molecule has 1 saturated heterocycles. The summed E-state index contributed by atoms with van der Waals surface area (Å²) in [7, 11) is 1.96. The van der Waals surface area contributed by atoms with Crippen LogP contribution in [0.2, 0.25) is 0 Å². The van der Waals surface area contributed by atoms with Gasteiger partial charge in [-0.15, -0.1) is 0 Å². The first kappa shape index (κ1) is 15.3. The molecule has 1 aromatic heterocycles. The molecule has 0 N–H and O–H groups in total. The number of halogens is 1. The Labute approximate surface area is 139 Å². The van der Waals surface area contributed by atoms with E-state index in [1.165, 1.54) is 5.56 Å². The van der Waals surface area contributed by atoms with Gasteiger partial charge in [-0.1, -0.05) is 34.0 Å². The molecule has 0 radical (unpaired) electrons. The summed E-state index contributed by atoms with van der Waals surface area (Å²) >= 11 is 3.49. The Morgan fingerprint density at radius 2 is 1.95 bits per heavy atom. The van der Waals surface area contributed by atoms with Crippen LogP contribution < -0.4 is 0 Å². The summed E-state index contributed by atoms with van der Waals surface area (Å²) in [6.45, 7) is 3.34. The molecule has 1 aromatic carbocycles. The van der Waals surface area contributed by atoms with E-state index in [1.807, 2.05) is 11.6 Å². The smallest absolute Gasteiger partial charge is 0.111 e. The Morgan fingerprint density at radius 3 is 2.59 bits per heavy atom. The van der Waals surface area contributed by atoms with Crippen molar-refractivity contribution in [1.29, 1.82) is 0 Å². The number of aromatic nitrogens is 2. The molecule has 114 valence electrons. The highest BCUT2D eigenvalue weighted by molar-refractivity contribution is 9.10. The summed E-state index contributed by atoms with van der Waals surface area (Å²) in [6.07, 6.45) is 3.57. The molecule has 0 spiro atoms. The first-order valence-corrected chi connectivity index (χ1v) is 8.08. The van der Waals surface area contributed by atoms with Crippen molar-refractivity contribution >= 4 is 15.9 Å². The monoisotopic (exact) mass is 359 g/mol. The summed E-state index contributed by atoms with van der Waals surface area (Å²) < 4.78 is 8.48. The molecule has 0 aliphatic carbocycles. The molecular formula is C17H18BrN3O. The Morgan fingerprint density at radius 1 is 1.23 bits per heavy atom. The highest BCUT2D eigenvalue weighted by Gasteiger charge is 2.20. The van der Waals surface area contributed by atoms with Crippen molar-refractivity contribution in [2.24, 2.45) is 7.05 Å². The van der Waals surface area contributed by atoms with Crippen LogP contribution in [0.1, 0.15) is 17.3 Å². The van der Waals surface area contributed by atoms with Gasteiger partial charge in [-0.2, -0.15) is 0 Å². The molecule has 1 aliphatic rings. The Balaban J connectivity index is 1.90. The average molecular weight is 360 g/mol. The maximum Gasteiger partial charge on any atom is 0.111 e. The molecule has 2 heterocycles. The summed E-state index contributed by atoms with van der Waals surface area (Å²) in [5, 5.41) is 0. The van der Waals surface area contributed by atoms with Crippen molar-refractivity contribution in [2.45, 2.75) is 6.04 Å². The maximum absolute atomic E-state index is 5.46. The molecule has 1 unspecified atom stereocenters. The van der Waals surface area contributed by atoms with E-state index in [0.29, 0.717) is 0 Å². The fraction of sp³-hybridized carbons (Fsp3) is 0.353. The van der Waals surface area contributed by atoms with Crippen LogP contribution in [0.3, 0.4) is 0 Å². The van der Waals surface area contributed by atoms with Crippen LogP contribution >= 0.6 is 15.9 Å². The number of morpholine rings is 1. The fourth-order valence-electron chi connectivity index (χ4n) is 2.49. The van der Waals surface area contributed by atoms with E-state index in [1.54, 1.807) is 12.5 Å². The lowest BCUT2D eigenvalue weighted by molar-refractivity contribution is 0.0270. The third kappa shape index (κ3) is 3.58. The maximum atomic E-state index is 5.46. The van der Waals surface area contributed by atoms with Crippen LogP contribution in [0.4, 0.5) is 0 Å². The Hall–Kier alpha value is -1.61. The normalized spacial score (nSPS) is 16.8. The van der Waals surface area contributed by atoms with E-state index in [4.69, 9.17) is 4.74 Å². The molecule has 1 atom stereocenters. The fourth-order valence-corrected chi connectivity index (χ4v) is 2.75. The van der Waals surface area contributed by atoms with Crippen molar-refractivity contribution in [3.8, 4) is 11.8 Å². The summed E-state index contributed by atoms with van der Waals surface area (Å²) in [6, 6.07) is 8.46. The second-order valence-corrected chi connectivity index (χ2v) is 6.18. The number of rotatable bonds is 2. The molecule has 0 saturated carbocycles. The zero-order valence-corrected chi connectivity index (χ0v) is 14.1. The Bertz CT molecular complexity index is 678. The minimum atomic E-state index is 0.0758. The lowest BCUT2D eigenvalue weighted by Crippen LogP contribution is -2.38. The van der Waals surface area contributed by atoms with Crippen molar-refractivity contribution in [3.05, 3.63) is 52.5 Å². The van der Waals surface area contributed by atoms with Crippen LogP contribution in [-0.4, -0.2) is 40.8 Å². The second-order valence-electron chi connectivity index (χ2n) is 5.26. The van der Waals surface area contributed by atoms with Crippen molar-refractivity contribution < 1.29 is 4.74 Å². The van der Waals surface area contributed by atoms with E-state index in [0.717, 1.165) is 36.5 Å². The number of nitrogens with zero attached hydrogens (tertiary/aromatic N) is 3. The molecule has 4 nitrogen and oxygen atoms in total. The zero-order chi connectivity index (χ0) is 15.4. The quantitative estimate of drug-likeness (QED) is 0.772. The molecule has 1 aliphatic heterocycles. The molecule has 1 fully saturated rings. The first-order chi connectivity index (χ1) is 10.7.